The Kier molecular flexibility index (Phi) is 4.42. The second-order valence-electron chi connectivity index (χ2n) is 5.01. The number of phenols is 1. The van der Waals surface area contributed by atoms with Crippen LogP contribution in [-0.2, 0) is 11.2 Å². The molecule has 2 N–H and O–H groups in total. The van der Waals surface area contributed by atoms with Crippen LogP contribution < -0.4 is 14.9 Å². The second-order valence-corrected chi connectivity index (χ2v) is 5.01. The molecule has 1 heterocycles. The van der Waals surface area contributed by atoms with Gasteiger partial charge in [0.2, 0.25) is 5.91 Å². The van der Waals surface area contributed by atoms with Gasteiger partial charge in [0.05, 0.1) is 12.6 Å². The molecule has 0 saturated heterocycles. The number of nitrogens with zero attached hydrogens (tertiary/aromatic N) is 1. The van der Waals surface area contributed by atoms with Crippen molar-refractivity contribution in [1.82, 2.24) is 5.43 Å². The van der Waals surface area contributed by atoms with Crippen molar-refractivity contribution in [1.29, 1.82) is 0 Å². The molecule has 2 aromatic carbocycles. The van der Waals surface area contributed by atoms with Gasteiger partial charge >= 0.3 is 0 Å². The summed E-state index contributed by atoms with van der Waals surface area (Å²) in [6, 6.07) is 12.2. The molecule has 1 aliphatic heterocycles. The number of hydrogen-bond donors (Lipinski definition) is 2. The predicted octanol–water partition coefficient (Wildman–Crippen LogP) is 1.86. The summed E-state index contributed by atoms with van der Waals surface area (Å²) in [7, 11) is 0. The first-order chi connectivity index (χ1) is 11.2. The maximum Gasteiger partial charge on any atom is 0.244 e. The SMILES string of the molecule is O=C(Cc1ccc2c(c1)OCCO2)N/N=C\c1ccccc1O. The van der Waals surface area contributed by atoms with Gasteiger partial charge in [0.15, 0.2) is 11.5 Å². The van der Waals surface area contributed by atoms with Gasteiger partial charge in [-0.25, -0.2) is 5.43 Å². The Balaban J connectivity index is 1.58. The topological polar surface area (TPSA) is 80.2 Å². The van der Waals surface area contributed by atoms with Crippen LogP contribution in [0.3, 0.4) is 0 Å². The van der Waals surface area contributed by atoms with Gasteiger partial charge in [0.25, 0.3) is 0 Å². The standard InChI is InChI=1S/C17H16N2O4/c20-14-4-2-1-3-13(14)11-18-19-17(21)10-12-5-6-15-16(9-12)23-8-7-22-15/h1-6,9,11,20H,7-8,10H2,(H,19,21)/b18-11-. The van der Waals surface area contributed by atoms with Crippen molar-refractivity contribution in [3.05, 3.63) is 53.6 Å². The zero-order valence-corrected chi connectivity index (χ0v) is 12.4. The van der Waals surface area contributed by atoms with Crippen LogP contribution >= 0.6 is 0 Å². The number of rotatable bonds is 4. The molecular weight excluding hydrogens is 296 g/mol. The fraction of sp³-hybridized carbons (Fsp3) is 0.176. The Hall–Kier alpha value is -3.02. The molecule has 0 aliphatic carbocycles. The highest BCUT2D eigenvalue weighted by Crippen LogP contribution is 2.30. The molecule has 6 heteroatoms. The average molecular weight is 312 g/mol. The van der Waals surface area contributed by atoms with E-state index in [1.165, 1.54) is 6.21 Å². The molecular formula is C17H16N2O4. The first kappa shape index (κ1) is 14.9. The van der Waals surface area contributed by atoms with Crippen LogP contribution in [0.4, 0.5) is 0 Å². The summed E-state index contributed by atoms with van der Waals surface area (Å²) in [5.41, 5.74) is 3.78. The lowest BCUT2D eigenvalue weighted by Crippen LogP contribution is -2.20. The first-order valence-electron chi connectivity index (χ1n) is 7.21. The molecule has 0 fully saturated rings. The zero-order valence-electron chi connectivity index (χ0n) is 12.4. The van der Waals surface area contributed by atoms with Crippen molar-refractivity contribution in [3.8, 4) is 17.2 Å². The average Bonchev–Trinajstić information content (AvgIpc) is 2.56. The minimum absolute atomic E-state index is 0.109. The lowest BCUT2D eigenvalue weighted by atomic mass is 10.1. The third kappa shape index (κ3) is 3.79. The van der Waals surface area contributed by atoms with Crippen molar-refractivity contribution in [2.75, 3.05) is 13.2 Å². The fourth-order valence-corrected chi connectivity index (χ4v) is 2.19. The van der Waals surface area contributed by atoms with Gasteiger partial charge in [0, 0.05) is 5.56 Å². The highest BCUT2D eigenvalue weighted by molar-refractivity contribution is 5.85. The van der Waals surface area contributed by atoms with Gasteiger partial charge in [-0.05, 0) is 29.8 Å². The second kappa shape index (κ2) is 6.83. The summed E-state index contributed by atoms with van der Waals surface area (Å²) in [5.74, 6) is 1.20. The van der Waals surface area contributed by atoms with Gasteiger partial charge < -0.3 is 14.6 Å². The van der Waals surface area contributed by atoms with E-state index >= 15 is 0 Å². The van der Waals surface area contributed by atoms with Crippen LogP contribution in [0.2, 0.25) is 0 Å². The number of nitrogens with one attached hydrogen (secondary N) is 1. The number of carbonyl (C=O) groups is 1. The highest BCUT2D eigenvalue weighted by Gasteiger charge is 2.12. The van der Waals surface area contributed by atoms with E-state index in [4.69, 9.17) is 9.47 Å². The van der Waals surface area contributed by atoms with Crippen LogP contribution in [0, 0.1) is 0 Å². The number of para-hydroxylation sites is 1. The number of aromatic hydroxyl groups is 1. The molecule has 0 aromatic heterocycles. The molecule has 23 heavy (non-hydrogen) atoms. The number of fused-ring (bicyclic) bond motifs is 1. The summed E-state index contributed by atoms with van der Waals surface area (Å²) in [6.45, 7) is 1.04. The summed E-state index contributed by atoms with van der Waals surface area (Å²) >= 11 is 0. The number of carbonyl (C=O) groups excluding carboxylic acids is 1. The number of benzene rings is 2. The number of amides is 1. The number of phenolic OH excluding ortho intramolecular Hbond substituents is 1. The molecule has 0 unspecified atom stereocenters. The molecule has 0 atom stereocenters. The van der Waals surface area contributed by atoms with Gasteiger partial charge in [-0.1, -0.05) is 18.2 Å². The minimum Gasteiger partial charge on any atom is -0.507 e. The summed E-state index contributed by atoms with van der Waals surface area (Å²) < 4.78 is 10.9. The van der Waals surface area contributed by atoms with E-state index in [9.17, 15) is 9.90 Å². The van der Waals surface area contributed by atoms with Crippen molar-refractivity contribution in [3.63, 3.8) is 0 Å². The third-order valence-electron chi connectivity index (χ3n) is 3.30. The Morgan fingerprint density at radius 1 is 1.17 bits per heavy atom. The molecule has 0 spiro atoms. The molecule has 1 amide bonds. The highest BCUT2D eigenvalue weighted by atomic mass is 16.6. The summed E-state index contributed by atoms with van der Waals surface area (Å²) in [4.78, 5) is 11.9. The molecule has 1 aliphatic rings. The molecule has 2 aromatic rings. The monoisotopic (exact) mass is 312 g/mol. The van der Waals surface area contributed by atoms with E-state index in [1.807, 2.05) is 6.07 Å². The largest absolute Gasteiger partial charge is 0.507 e. The van der Waals surface area contributed by atoms with E-state index in [0.29, 0.717) is 30.3 Å². The Bertz CT molecular complexity index is 743. The molecule has 0 radical (unpaired) electrons. The number of hydrogen-bond acceptors (Lipinski definition) is 5. The Morgan fingerprint density at radius 2 is 1.96 bits per heavy atom. The third-order valence-corrected chi connectivity index (χ3v) is 3.30. The fourth-order valence-electron chi connectivity index (χ4n) is 2.19. The van der Waals surface area contributed by atoms with Gasteiger partial charge in [-0.3, -0.25) is 4.79 Å². The van der Waals surface area contributed by atoms with Crippen LogP contribution in [0.5, 0.6) is 17.2 Å². The zero-order chi connectivity index (χ0) is 16.1. The van der Waals surface area contributed by atoms with E-state index in [-0.39, 0.29) is 18.1 Å². The quantitative estimate of drug-likeness (QED) is 0.667. The summed E-state index contributed by atoms with van der Waals surface area (Å²) in [5, 5.41) is 13.4. The maximum absolute atomic E-state index is 11.9. The predicted molar refractivity (Wildman–Crippen MR) is 85.0 cm³/mol. The van der Waals surface area contributed by atoms with Crippen molar-refractivity contribution >= 4 is 12.1 Å². The van der Waals surface area contributed by atoms with Crippen LogP contribution in [0.25, 0.3) is 0 Å². The van der Waals surface area contributed by atoms with Crippen LogP contribution in [-0.4, -0.2) is 30.4 Å². The smallest absolute Gasteiger partial charge is 0.244 e. The van der Waals surface area contributed by atoms with E-state index in [2.05, 4.69) is 10.5 Å². The number of hydrazone groups is 1. The van der Waals surface area contributed by atoms with E-state index in [0.717, 1.165) is 5.56 Å². The molecule has 3 rings (SSSR count). The van der Waals surface area contributed by atoms with Crippen molar-refractivity contribution in [2.45, 2.75) is 6.42 Å². The lowest BCUT2D eigenvalue weighted by molar-refractivity contribution is -0.120. The van der Waals surface area contributed by atoms with Gasteiger partial charge in [-0.2, -0.15) is 5.10 Å². The first-order valence-corrected chi connectivity index (χ1v) is 7.21. The molecule has 6 nitrogen and oxygen atoms in total. The van der Waals surface area contributed by atoms with Crippen LogP contribution in [0.1, 0.15) is 11.1 Å². The van der Waals surface area contributed by atoms with E-state index in [1.54, 1.807) is 36.4 Å². The minimum atomic E-state index is -0.256. The van der Waals surface area contributed by atoms with Gasteiger partial charge in [-0.15, -0.1) is 0 Å². The van der Waals surface area contributed by atoms with Crippen molar-refractivity contribution in [2.24, 2.45) is 5.10 Å². The molecule has 118 valence electrons. The van der Waals surface area contributed by atoms with Gasteiger partial charge in [0.1, 0.15) is 19.0 Å². The van der Waals surface area contributed by atoms with Crippen molar-refractivity contribution < 1.29 is 19.4 Å². The Labute approximate surface area is 133 Å². The summed E-state index contributed by atoms with van der Waals surface area (Å²) in [6.07, 6.45) is 1.58. The van der Waals surface area contributed by atoms with Crippen LogP contribution in [0.15, 0.2) is 47.6 Å². The number of ether oxygens (including phenoxy) is 2. The lowest BCUT2D eigenvalue weighted by Gasteiger charge is -2.18. The molecule has 0 bridgehead atoms. The van der Waals surface area contributed by atoms with E-state index < -0.39 is 0 Å². The molecule has 0 saturated carbocycles. The normalized spacial score (nSPS) is 13.0. The Morgan fingerprint density at radius 3 is 2.78 bits per heavy atom. The maximum atomic E-state index is 11.9.